The Morgan fingerprint density at radius 3 is 2.66 bits per heavy atom. The summed E-state index contributed by atoms with van der Waals surface area (Å²) in [6, 6.07) is 9.04. The number of benzene rings is 2. The number of amides is 1. The Hall–Kier alpha value is -3.23. The van der Waals surface area contributed by atoms with Crippen LogP contribution in [0, 0.1) is 11.6 Å². The lowest BCUT2D eigenvalue weighted by Gasteiger charge is -2.30. The van der Waals surface area contributed by atoms with Crippen molar-refractivity contribution in [2.75, 3.05) is 6.54 Å². The molecule has 6 nitrogen and oxygen atoms in total. The molecule has 3 N–H and O–H groups in total. The molecule has 1 heterocycles. The summed E-state index contributed by atoms with van der Waals surface area (Å²) in [5.74, 6) is -1.94. The first kappa shape index (κ1) is 24.9. The maximum atomic E-state index is 13.8. The molecular weight excluding hydrogens is 450 g/mol. The van der Waals surface area contributed by atoms with E-state index in [0.717, 1.165) is 31.7 Å². The molecule has 1 aliphatic carbocycles. The van der Waals surface area contributed by atoms with Crippen molar-refractivity contribution in [2.24, 2.45) is 0 Å². The predicted molar refractivity (Wildman–Crippen MR) is 129 cm³/mol. The second-order valence-corrected chi connectivity index (χ2v) is 8.96. The van der Waals surface area contributed by atoms with Gasteiger partial charge >= 0.3 is 0 Å². The Bertz CT molecular complexity index is 1140. The van der Waals surface area contributed by atoms with E-state index in [9.17, 15) is 18.7 Å². The van der Waals surface area contributed by atoms with Crippen LogP contribution in [-0.2, 0) is 19.3 Å². The van der Waals surface area contributed by atoms with Crippen molar-refractivity contribution in [2.45, 2.75) is 57.2 Å². The van der Waals surface area contributed by atoms with Gasteiger partial charge in [-0.3, -0.25) is 9.78 Å². The number of aliphatic hydroxyl groups excluding tert-OH is 1. The van der Waals surface area contributed by atoms with E-state index in [-0.39, 0.29) is 24.7 Å². The fourth-order valence-electron chi connectivity index (χ4n) is 4.61. The molecule has 0 fully saturated rings. The molecule has 0 unspecified atom stereocenters. The van der Waals surface area contributed by atoms with Crippen LogP contribution in [0.25, 0.3) is 0 Å². The van der Waals surface area contributed by atoms with Crippen molar-refractivity contribution in [1.82, 2.24) is 20.6 Å². The average Bonchev–Trinajstić information content (AvgIpc) is 2.86. The van der Waals surface area contributed by atoms with Gasteiger partial charge in [-0.1, -0.05) is 25.1 Å². The minimum atomic E-state index is -1.01. The summed E-state index contributed by atoms with van der Waals surface area (Å²) < 4.78 is 27.6. The van der Waals surface area contributed by atoms with Gasteiger partial charge in [-0.05, 0) is 66.5 Å². The summed E-state index contributed by atoms with van der Waals surface area (Å²) in [4.78, 5) is 20.6. The topological polar surface area (TPSA) is 87.1 Å². The zero-order valence-electron chi connectivity index (χ0n) is 19.7. The molecule has 0 aliphatic heterocycles. The number of carbonyl (C=O) groups is 1. The van der Waals surface area contributed by atoms with Crippen molar-refractivity contribution in [1.29, 1.82) is 0 Å². The standard InChI is InChI=1S/C27H30F2N4O2/c1-2-17-6-7-19-4-3-5-23(22(19)12-17)32-16-26(34)24(13-18-10-20(28)14-21(29)11-18)33-27(35)25-15-30-8-9-31-25/h6-12,14-15,23-24,26,32,34H,2-5,13,16H2,1H3,(H,33,35)/t23-,24-,26+/m0/s1. The van der Waals surface area contributed by atoms with Crippen molar-refractivity contribution in [3.05, 3.63) is 94.6 Å². The van der Waals surface area contributed by atoms with Crippen LogP contribution in [0.15, 0.2) is 55.0 Å². The number of hydrogen-bond donors (Lipinski definition) is 3. The highest BCUT2D eigenvalue weighted by atomic mass is 19.1. The lowest BCUT2D eigenvalue weighted by Crippen LogP contribution is -2.49. The highest BCUT2D eigenvalue weighted by Gasteiger charge is 2.26. The molecule has 184 valence electrons. The Morgan fingerprint density at radius 2 is 1.94 bits per heavy atom. The number of aliphatic hydroxyl groups is 1. The molecule has 1 aliphatic rings. The van der Waals surface area contributed by atoms with Crippen LogP contribution in [0.1, 0.15) is 58.5 Å². The van der Waals surface area contributed by atoms with Gasteiger partial charge in [0.15, 0.2) is 0 Å². The number of aromatic nitrogens is 2. The van der Waals surface area contributed by atoms with Gasteiger partial charge in [0.2, 0.25) is 0 Å². The van der Waals surface area contributed by atoms with Crippen LogP contribution >= 0.6 is 0 Å². The Labute approximate surface area is 203 Å². The third kappa shape index (κ3) is 6.46. The number of fused-ring (bicyclic) bond motifs is 1. The maximum absolute atomic E-state index is 13.8. The summed E-state index contributed by atoms with van der Waals surface area (Å²) in [5, 5.41) is 17.3. The Morgan fingerprint density at radius 1 is 1.14 bits per heavy atom. The van der Waals surface area contributed by atoms with Crippen molar-refractivity contribution >= 4 is 5.91 Å². The van der Waals surface area contributed by atoms with E-state index >= 15 is 0 Å². The van der Waals surface area contributed by atoms with E-state index in [1.54, 1.807) is 0 Å². The van der Waals surface area contributed by atoms with Crippen molar-refractivity contribution in [3.8, 4) is 0 Å². The molecule has 3 aromatic rings. The normalized spacial score (nSPS) is 16.9. The van der Waals surface area contributed by atoms with Crippen molar-refractivity contribution in [3.63, 3.8) is 0 Å². The first-order chi connectivity index (χ1) is 16.9. The highest BCUT2D eigenvalue weighted by molar-refractivity contribution is 5.92. The van der Waals surface area contributed by atoms with E-state index < -0.39 is 29.7 Å². The summed E-state index contributed by atoms with van der Waals surface area (Å²) in [6.07, 6.45) is 7.17. The second kappa shape index (κ2) is 11.5. The largest absolute Gasteiger partial charge is 0.390 e. The summed E-state index contributed by atoms with van der Waals surface area (Å²) in [6.45, 7) is 2.32. The zero-order chi connectivity index (χ0) is 24.8. The Kier molecular flexibility index (Phi) is 8.15. The van der Waals surface area contributed by atoms with Crippen LogP contribution in [-0.4, -0.2) is 39.7 Å². The summed E-state index contributed by atoms with van der Waals surface area (Å²) >= 11 is 0. The number of hydrogen-bond acceptors (Lipinski definition) is 5. The maximum Gasteiger partial charge on any atom is 0.271 e. The van der Waals surface area contributed by atoms with Gasteiger partial charge in [-0.15, -0.1) is 0 Å². The van der Waals surface area contributed by atoms with Gasteiger partial charge in [0, 0.05) is 31.0 Å². The zero-order valence-corrected chi connectivity index (χ0v) is 19.7. The molecule has 2 aromatic carbocycles. The van der Waals surface area contributed by atoms with Crippen molar-refractivity contribution < 1.29 is 18.7 Å². The van der Waals surface area contributed by atoms with Crippen LogP contribution < -0.4 is 10.6 Å². The second-order valence-electron chi connectivity index (χ2n) is 8.96. The molecule has 1 aromatic heterocycles. The number of carbonyl (C=O) groups excluding carboxylic acids is 1. The number of nitrogens with one attached hydrogen (secondary N) is 2. The van der Waals surface area contributed by atoms with Gasteiger partial charge in [0.05, 0.1) is 18.3 Å². The molecule has 3 atom stereocenters. The fourth-order valence-corrected chi connectivity index (χ4v) is 4.61. The highest BCUT2D eigenvalue weighted by Crippen LogP contribution is 2.30. The van der Waals surface area contributed by atoms with Gasteiger partial charge in [-0.25, -0.2) is 13.8 Å². The SMILES string of the molecule is CCc1ccc2c(c1)[C@@H](NC[C@@H](O)[C@H](Cc1cc(F)cc(F)c1)NC(=O)c1cnccn1)CCC2. The molecule has 4 rings (SSSR count). The Balaban J connectivity index is 1.50. The van der Waals surface area contributed by atoms with Crippen LogP contribution in [0.5, 0.6) is 0 Å². The lowest BCUT2D eigenvalue weighted by molar-refractivity contribution is 0.0818. The van der Waals surface area contributed by atoms with E-state index in [0.29, 0.717) is 5.56 Å². The third-order valence-electron chi connectivity index (χ3n) is 6.46. The smallest absolute Gasteiger partial charge is 0.271 e. The molecule has 0 saturated carbocycles. The predicted octanol–water partition coefficient (Wildman–Crippen LogP) is 3.69. The van der Waals surface area contributed by atoms with Gasteiger partial charge in [0.1, 0.15) is 17.3 Å². The number of nitrogens with zero attached hydrogens (tertiary/aromatic N) is 2. The average molecular weight is 481 g/mol. The molecule has 0 radical (unpaired) electrons. The summed E-state index contributed by atoms with van der Waals surface area (Å²) in [5.41, 5.74) is 4.25. The minimum Gasteiger partial charge on any atom is -0.390 e. The molecule has 0 saturated heterocycles. The van der Waals surface area contributed by atoms with Gasteiger partial charge in [-0.2, -0.15) is 0 Å². The molecule has 8 heteroatoms. The quantitative estimate of drug-likeness (QED) is 0.435. The van der Waals surface area contributed by atoms with E-state index in [1.165, 1.54) is 47.4 Å². The van der Waals surface area contributed by atoms with E-state index in [1.807, 2.05) is 0 Å². The first-order valence-corrected chi connectivity index (χ1v) is 12.0. The van der Waals surface area contributed by atoms with Crippen LogP contribution in [0.4, 0.5) is 8.78 Å². The van der Waals surface area contributed by atoms with Crippen LogP contribution in [0.2, 0.25) is 0 Å². The molecular formula is C27H30F2N4O2. The van der Waals surface area contributed by atoms with Gasteiger partial charge in [0.25, 0.3) is 5.91 Å². The van der Waals surface area contributed by atoms with E-state index in [2.05, 4.69) is 45.7 Å². The van der Waals surface area contributed by atoms with Gasteiger partial charge < -0.3 is 15.7 Å². The lowest BCUT2D eigenvalue weighted by atomic mass is 9.86. The number of aryl methyl sites for hydroxylation is 2. The third-order valence-corrected chi connectivity index (χ3v) is 6.46. The molecule has 0 bridgehead atoms. The molecule has 0 spiro atoms. The number of rotatable bonds is 9. The first-order valence-electron chi connectivity index (χ1n) is 12.0. The fraction of sp³-hybridized carbons (Fsp3) is 0.370. The van der Waals surface area contributed by atoms with Crippen LogP contribution in [0.3, 0.4) is 0 Å². The van der Waals surface area contributed by atoms with E-state index in [4.69, 9.17) is 0 Å². The monoisotopic (exact) mass is 480 g/mol. The molecule has 35 heavy (non-hydrogen) atoms. The summed E-state index contributed by atoms with van der Waals surface area (Å²) in [7, 11) is 0. The molecule has 1 amide bonds. The minimum absolute atomic E-state index is 0.0464. The number of halogens is 2.